The van der Waals surface area contributed by atoms with Crippen molar-refractivity contribution < 1.29 is 51.7 Å². The van der Waals surface area contributed by atoms with Crippen LogP contribution in [0.4, 0.5) is 5.82 Å². The molecule has 162 valence electrons. The van der Waals surface area contributed by atoms with E-state index in [1.54, 1.807) is 0 Å². The molecule has 3 heterocycles. The molecule has 0 spiro atoms. The average molecular weight is 476 g/mol. The molecule has 1 saturated heterocycles. The highest BCUT2D eigenvalue weighted by atomic mass is 32.2. The van der Waals surface area contributed by atoms with Crippen LogP contribution >= 0.6 is 27.4 Å². The highest BCUT2D eigenvalue weighted by molar-refractivity contribution is 7.98. The standard InChI is InChI=1S/C11H17N5O10P2S/c1-29-11-14-8(12)5-9(15-11)16(3-13-5)10-7(18)6(17)4(25-10)2-24-28(22,23)26-27(19,20)21/h3-4,6-7,10,17-18H,2H2,1H3,(H,22,23)(H2,12,14,15)(H2,19,20,21)/t4-,6-,7-,10-/m1/s1/i1D3. The van der Waals surface area contributed by atoms with Crippen molar-refractivity contribution in [1.82, 2.24) is 19.5 Å². The highest BCUT2D eigenvalue weighted by Crippen LogP contribution is 2.57. The Morgan fingerprint density at radius 3 is 2.72 bits per heavy atom. The van der Waals surface area contributed by atoms with Crippen LogP contribution in [0.25, 0.3) is 11.2 Å². The second-order valence-corrected chi connectivity index (χ2v) is 9.10. The van der Waals surface area contributed by atoms with Gasteiger partial charge in [0.05, 0.1) is 12.9 Å². The van der Waals surface area contributed by atoms with E-state index in [-0.39, 0.29) is 22.1 Å². The lowest BCUT2D eigenvalue weighted by Gasteiger charge is -2.17. The van der Waals surface area contributed by atoms with Crippen LogP contribution in [0, 0.1) is 0 Å². The van der Waals surface area contributed by atoms with Gasteiger partial charge in [0.15, 0.2) is 22.8 Å². The van der Waals surface area contributed by atoms with Crippen LogP contribution in [-0.2, 0) is 22.7 Å². The number of nitrogens with zero attached hydrogens (tertiary/aromatic N) is 4. The van der Waals surface area contributed by atoms with Crippen LogP contribution in [0.3, 0.4) is 0 Å². The lowest BCUT2D eigenvalue weighted by molar-refractivity contribution is -0.0503. The van der Waals surface area contributed by atoms with Crippen molar-refractivity contribution in [3.05, 3.63) is 6.33 Å². The molecule has 1 fully saturated rings. The first-order valence-corrected chi connectivity index (χ1v) is 11.4. The molecule has 1 unspecified atom stereocenters. The fourth-order valence-corrected chi connectivity index (χ4v) is 4.45. The number of hydrogen-bond donors (Lipinski definition) is 6. The number of aliphatic hydroxyl groups is 2. The van der Waals surface area contributed by atoms with Crippen LogP contribution in [0.1, 0.15) is 10.3 Å². The Labute approximate surface area is 170 Å². The normalized spacial score (nSPS) is 29.3. The molecule has 7 N–H and O–H groups in total. The van der Waals surface area contributed by atoms with Gasteiger partial charge in [0.1, 0.15) is 23.8 Å². The number of nitrogens with two attached hydrogens (primary N) is 1. The van der Waals surface area contributed by atoms with E-state index in [0.717, 1.165) is 10.9 Å². The predicted octanol–water partition coefficient (Wildman–Crippen LogP) is -1.02. The van der Waals surface area contributed by atoms with Crippen molar-refractivity contribution in [3.63, 3.8) is 0 Å². The summed E-state index contributed by atoms with van der Waals surface area (Å²) < 4.78 is 58.8. The summed E-state index contributed by atoms with van der Waals surface area (Å²) in [6.07, 6.45) is -7.47. The number of ether oxygens (including phenoxy) is 1. The van der Waals surface area contributed by atoms with Crippen LogP contribution < -0.4 is 5.73 Å². The predicted molar refractivity (Wildman–Crippen MR) is 96.3 cm³/mol. The van der Waals surface area contributed by atoms with Gasteiger partial charge in [-0.15, -0.1) is 0 Å². The Morgan fingerprint density at radius 2 is 2.07 bits per heavy atom. The highest BCUT2D eigenvalue weighted by Gasteiger charge is 2.46. The van der Waals surface area contributed by atoms with E-state index in [1.165, 1.54) is 0 Å². The Hall–Kier alpha value is -1.16. The van der Waals surface area contributed by atoms with E-state index < -0.39 is 53.0 Å². The minimum atomic E-state index is -5.35. The molecule has 0 radical (unpaired) electrons. The first kappa shape index (κ1) is 18.6. The van der Waals surface area contributed by atoms with Gasteiger partial charge in [-0.25, -0.2) is 24.1 Å². The number of thioether (sulfide) groups is 1. The van der Waals surface area contributed by atoms with Crippen molar-refractivity contribution in [1.29, 1.82) is 0 Å². The summed E-state index contributed by atoms with van der Waals surface area (Å²) in [5.74, 6) is -0.149. The second kappa shape index (κ2) is 8.17. The van der Waals surface area contributed by atoms with E-state index in [0.29, 0.717) is 11.8 Å². The van der Waals surface area contributed by atoms with Gasteiger partial charge in [-0.05, 0) is 6.18 Å². The first-order chi connectivity index (χ1) is 14.6. The maximum absolute atomic E-state index is 11.6. The number of phosphoric acid groups is 2. The van der Waals surface area contributed by atoms with Gasteiger partial charge in [0.25, 0.3) is 0 Å². The first-order valence-electron chi connectivity index (χ1n) is 9.01. The Kier molecular flexibility index (Phi) is 5.24. The quantitative estimate of drug-likeness (QED) is 0.159. The number of aliphatic hydroxyl groups excluding tert-OH is 2. The van der Waals surface area contributed by atoms with E-state index in [2.05, 4.69) is 23.8 Å². The van der Waals surface area contributed by atoms with Crippen molar-refractivity contribution in [2.24, 2.45) is 0 Å². The van der Waals surface area contributed by atoms with Gasteiger partial charge in [-0.3, -0.25) is 9.09 Å². The molecule has 0 saturated carbocycles. The lowest BCUT2D eigenvalue weighted by Crippen LogP contribution is -2.33. The van der Waals surface area contributed by atoms with Crippen molar-refractivity contribution >= 4 is 44.4 Å². The van der Waals surface area contributed by atoms with E-state index >= 15 is 0 Å². The topological polar surface area (TPSA) is 233 Å². The molecule has 5 atom stereocenters. The fraction of sp³-hybridized carbons (Fsp3) is 0.545. The number of imidazole rings is 1. The van der Waals surface area contributed by atoms with Crippen LogP contribution in [0.5, 0.6) is 0 Å². The maximum atomic E-state index is 11.6. The summed E-state index contributed by atoms with van der Waals surface area (Å²) >= 11 is 0.349. The van der Waals surface area contributed by atoms with Gasteiger partial charge in [0.2, 0.25) is 0 Å². The van der Waals surface area contributed by atoms with Gasteiger partial charge in [-0.1, -0.05) is 11.8 Å². The minimum absolute atomic E-state index is 0.0280. The Balaban J connectivity index is 1.82. The summed E-state index contributed by atoms with van der Waals surface area (Å²) in [6.45, 7) is -0.896. The second-order valence-electron chi connectivity index (χ2n) is 5.70. The third kappa shape index (κ3) is 4.95. The van der Waals surface area contributed by atoms with Crippen LogP contribution in [0.2, 0.25) is 0 Å². The van der Waals surface area contributed by atoms with Crippen LogP contribution in [-0.4, -0.2) is 75.5 Å². The largest absolute Gasteiger partial charge is 0.481 e. The van der Waals surface area contributed by atoms with Gasteiger partial charge in [-0.2, -0.15) is 4.31 Å². The number of phosphoric ester groups is 1. The molecule has 2 aromatic heterocycles. The molecule has 1 aliphatic heterocycles. The van der Waals surface area contributed by atoms with Crippen LogP contribution in [0.15, 0.2) is 11.5 Å². The molecule has 0 bridgehead atoms. The minimum Gasteiger partial charge on any atom is -0.387 e. The number of fused-ring (bicyclic) bond motifs is 1. The molecule has 1 aliphatic rings. The molecule has 0 amide bonds. The van der Waals surface area contributed by atoms with Gasteiger partial charge < -0.3 is 35.4 Å². The SMILES string of the molecule is [2H]C([2H])([2H])Sc1nc(N)c2ncn([C@@H]3O[C@H](COP(=O)(O)OP(=O)(O)O)[C@@H](O)[C@H]3O)c2n1. The van der Waals surface area contributed by atoms with Gasteiger partial charge >= 0.3 is 15.6 Å². The number of hydrogen-bond acceptors (Lipinski definition) is 12. The van der Waals surface area contributed by atoms with Crippen molar-refractivity contribution in [3.8, 4) is 0 Å². The average Bonchev–Trinajstić information content (AvgIpc) is 3.12. The number of anilines is 1. The molecule has 0 aromatic carbocycles. The zero-order valence-electron chi connectivity index (χ0n) is 17.0. The third-order valence-corrected chi connectivity index (χ3v) is 6.26. The summed E-state index contributed by atoms with van der Waals surface area (Å²) in [5.41, 5.74) is 5.82. The monoisotopic (exact) mass is 476 g/mol. The molecule has 15 nitrogen and oxygen atoms in total. The fourth-order valence-electron chi connectivity index (χ4n) is 2.57. The molecule has 29 heavy (non-hydrogen) atoms. The molecule has 18 heteroatoms. The van der Waals surface area contributed by atoms with E-state index in [1.807, 2.05) is 0 Å². The maximum Gasteiger partial charge on any atom is 0.481 e. The Morgan fingerprint density at radius 1 is 1.34 bits per heavy atom. The summed E-state index contributed by atoms with van der Waals surface area (Å²) in [5, 5.41) is 20.4. The zero-order chi connectivity index (χ0) is 24.1. The number of rotatable bonds is 7. The molecule has 0 aliphatic carbocycles. The third-order valence-electron chi connectivity index (χ3n) is 3.74. The van der Waals surface area contributed by atoms with E-state index in [9.17, 15) is 24.2 Å². The van der Waals surface area contributed by atoms with Crippen molar-refractivity contribution in [2.45, 2.75) is 29.7 Å². The van der Waals surface area contributed by atoms with Gasteiger partial charge in [0, 0.05) is 4.11 Å². The zero-order valence-corrected chi connectivity index (χ0v) is 16.6. The molecule has 2 aromatic rings. The Bertz CT molecular complexity index is 1100. The van der Waals surface area contributed by atoms with E-state index in [4.69, 9.17) is 24.4 Å². The molecular weight excluding hydrogens is 456 g/mol. The summed E-state index contributed by atoms with van der Waals surface area (Å²) in [4.78, 5) is 38.4. The lowest BCUT2D eigenvalue weighted by atomic mass is 10.1. The molecule has 3 rings (SSSR count). The number of aromatic nitrogens is 4. The summed E-state index contributed by atoms with van der Waals surface area (Å²) in [6, 6.07) is 0. The summed E-state index contributed by atoms with van der Waals surface area (Å²) in [7, 11) is -10.6. The number of nitrogen functional groups attached to an aromatic ring is 1. The van der Waals surface area contributed by atoms with Crippen molar-refractivity contribution in [2.75, 3.05) is 18.5 Å². The molecular formula is C11H17N5O10P2S. The smallest absolute Gasteiger partial charge is 0.387 e.